The zero-order valence-electron chi connectivity index (χ0n) is 27.2. The smallest absolute Gasteiger partial charge is 0.147 e. The first-order valence-corrected chi connectivity index (χ1v) is 17.0. The van der Waals surface area contributed by atoms with E-state index in [1.165, 1.54) is 60.5 Å². The molecule has 0 radical (unpaired) electrons. The highest BCUT2D eigenvalue weighted by Gasteiger charge is 2.35. The van der Waals surface area contributed by atoms with E-state index in [1.54, 1.807) is 0 Å². The van der Waals surface area contributed by atoms with Crippen LogP contribution in [0.4, 0.5) is 0 Å². The first kappa shape index (κ1) is 26.9. The van der Waals surface area contributed by atoms with Crippen LogP contribution in [0.2, 0.25) is 0 Å². The number of fused-ring (bicyclic) bond motifs is 12. The molecule has 2 nitrogen and oxygen atoms in total. The average Bonchev–Trinajstić information content (AvgIpc) is 3.78. The molecule has 2 aromatic heterocycles. The van der Waals surface area contributed by atoms with Crippen LogP contribution in [0.25, 0.3) is 98.8 Å². The van der Waals surface area contributed by atoms with Gasteiger partial charge in [-0.05, 0) is 90.3 Å². The van der Waals surface area contributed by atoms with Crippen molar-refractivity contribution < 1.29 is 8.83 Å². The maximum absolute atomic E-state index is 6.74. The third kappa shape index (κ3) is 3.50. The molecule has 11 rings (SSSR count). The molecule has 0 fully saturated rings. The lowest BCUT2D eigenvalue weighted by Crippen LogP contribution is -2.14. The minimum absolute atomic E-state index is 0.0352. The zero-order valence-corrected chi connectivity index (χ0v) is 27.2. The van der Waals surface area contributed by atoms with Gasteiger partial charge in [-0.15, -0.1) is 0 Å². The van der Waals surface area contributed by atoms with Crippen LogP contribution < -0.4 is 0 Å². The van der Waals surface area contributed by atoms with Crippen LogP contribution in [0, 0.1) is 0 Å². The molecule has 49 heavy (non-hydrogen) atoms. The van der Waals surface area contributed by atoms with Crippen LogP contribution in [0.1, 0.15) is 25.0 Å². The van der Waals surface area contributed by atoms with Gasteiger partial charge in [0, 0.05) is 21.6 Å². The van der Waals surface area contributed by atoms with Gasteiger partial charge >= 0.3 is 0 Å². The number of hydrogen-bond acceptors (Lipinski definition) is 2. The second-order valence-corrected chi connectivity index (χ2v) is 14.0. The van der Waals surface area contributed by atoms with Gasteiger partial charge < -0.3 is 8.83 Å². The van der Waals surface area contributed by atoms with Crippen molar-refractivity contribution in [3.63, 3.8) is 0 Å². The van der Waals surface area contributed by atoms with Crippen LogP contribution in [0.3, 0.4) is 0 Å². The molecule has 10 aromatic rings. The molecule has 1 aliphatic rings. The Labute approximate surface area is 282 Å². The van der Waals surface area contributed by atoms with Crippen molar-refractivity contribution in [2.24, 2.45) is 0 Å². The Morgan fingerprint density at radius 2 is 0.918 bits per heavy atom. The summed E-state index contributed by atoms with van der Waals surface area (Å²) in [6.07, 6.45) is 0. The molecular weight excluding hydrogens is 597 g/mol. The number of rotatable bonds is 2. The SMILES string of the molecule is CC1(C)c2ccccc2-c2cc(-c3c4ccccc4c(-c4cc5oc6ccccc6c5c5oc6ccccc6c45)c4ccccc34)ccc21. The Hall–Kier alpha value is -6.12. The predicted molar refractivity (Wildman–Crippen MR) is 204 cm³/mol. The highest BCUT2D eigenvalue weighted by molar-refractivity contribution is 6.30. The van der Waals surface area contributed by atoms with E-state index in [2.05, 4.69) is 141 Å². The molecule has 230 valence electrons. The minimum Gasteiger partial charge on any atom is -0.456 e. The molecular formula is C47H30O2. The summed E-state index contributed by atoms with van der Waals surface area (Å²) in [4.78, 5) is 0. The Morgan fingerprint density at radius 1 is 0.388 bits per heavy atom. The Morgan fingerprint density at radius 3 is 1.61 bits per heavy atom. The minimum atomic E-state index is -0.0352. The summed E-state index contributed by atoms with van der Waals surface area (Å²) in [7, 11) is 0. The first-order valence-electron chi connectivity index (χ1n) is 17.0. The summed E-state index contributed by atoms with van der Waals surface area (Å²) >= 11 is 0. The van der Waals surface area contributed by atoms with Gasteiger partial charge in [0.2, 0.25) is 0 Å². The van der Waals surface area contributed by atoms with Crippen molar-refractivity contribution in [1.82, 2.24) is 0 Å². The highest BCUT2D eigenvalue weighted by Crippen LogP contribution is 2.52. The number of para-hydroxylation sites is 2. The zero-order chi connectivity index (χ0) is 32.4. The Balaban J connectivity index is 1.28. The van der Waals surface area contributed by atoms with E-state index in [0.29, 0.717) is 0 Å². The highest BCUT2D eigenvalue weighted by atomic mass is 16.3. The standard InChI is InChI=1S/C47H30O2/c1-47(2)37-20-10-7-13-28(37)35-25-27(23-24-38(35)47)42-29-14-3-5-16-31(29)43(32-17-6-4-15-30(32)42)36-26-41-45(34-19-9-11-21-39(34)48-41)46-44(36)33-18-8-12-22-40(33)49-46/h3-26H,1-2H3. The quantitative estimate of drug-likeness (QED) is 0.178. The summed E-state index contributed by atoms with van der Waals surface area (Å²) in [5.74, 6) is 0. The number of hydrogen-bond donors (Lipinski definition) is 0. The first-order chi connectivity index (χ1) is 24.1. The van der Waals surface area contributed by atoms with E-state index in [4.69, 9.17) is 8.83 Å². The molecule has 0 aliphatic heterocycles. The summed E-state index contributed by atoms with van der Waals surface area (Å²) in [6, 6.07) is 52.7. The normalized spacial score (nSPS) is 13.7. The van der Waals surface area contributed by atoms with Gasteiger partial charge in [0.15, 0.2) is 0 Å². The fourth-order valence-electron chi connectivity index (χ4n) is 8.89. The molecule has 1 aliphatic carbocycles. The predicted octanol–water partition coefficient (Wildman–Crippen LogP) is 13.4. The van der Waals surface area contributed by atoms with Gasteiger partial charge in [-0.3, -0.25) is 0 Å². The van der Waals surface area contributed by atoms with E-state index in [0.717, 1.165) is 49.4 Å². The average molecular weight is 627 g/mol. The van der Waals surface area contributed by atoms with Crippen molar-refractivity contribution >= 4 is 65.4 Å². The van der Waals surface area contributed by atoms with Crippen molar-refractivity contribution in [2.75, 3.05) is 0 Å². The van der Waals surface area contributed by atoms with Crippen LogP contribution in [0.15, 0.2) is 154 Å². The van der Waals surface area contributed by atoms with E-state index >= 15 is 0 Å². The molecule has 0 N–H and O–H groups in total. The van der Waals surface area contributed by atoms with Gasteiger partial charge in [0.25, 0.3) is 0 Å². The van der Waals surface area contributed by atoms with Gasteiger partial charge in [-0.2, -0.15) is 0 Å². The molecule has 0 saturated carbocycles. The molecule has 0 atom stereocenters. The topological polar surface area (TPSA) is 26.3 Å². The third-order valence-corrected chi connectivity index (χ3v) is 11.1. The van der Waals surface area contributed by atoms with E-state index in [9.17, 15) is 0 Å². The third-order valence-electron chi connectivity index (χ3n) is 11.1. The number of furan rings is 2. The van der Waals surface area contributed by atoms with E-state index in [1.807, 2.05) is 18.2 Å². The van der Waals surface area contributed by atoms with Gasteiger partial charge in [-0.25, -0.2) is 0 Å². The maximum atomic E-state index is 6.74. The lowest BCUT2D eigenvalue weighted by Gasteiger charge is -2.22. The number of benzene rings is 8. The molecule has 8 aromatic carbocycles. The molecule has 0 saturated heterocycles. The molecule has 0 amide bonds. The van der Waals surface area contributed by atoms with Crippen molar-refractivity contribution in [3.8, 4) is 33.4 Å². The second-order valence-electron chi connectivity index (χ2n) is 14.0. The Bertz CT molecular complexity index is 2970. The Kier molecular flexibility index (Phi) is 5.21. The lowest BCUT2D eigenvalue weighted by atomic mass is 9.81. The van der Waals surface area contributed by atoms with Crippen LogP contribution in [0.5, 0.6) is 0 Å². The molecule has 2 heterocycles. The summed E-state index contributed by atoms with van der Waals surface area (Å²) in [5.41, 5.74) is 13.7. The fraction of sp³-hybridized carbons (Fsp3) is 0.0638. The second kappa shape index (κ2) is 9.49. The molecule has 0 unspecified atom stereocenters. The summed E-state index contributed by atoms with van der Waals surface area (Å²) in [6.45, 7) is 4.69. The van der Waals surface area contributed by atoms with Crippen molar-refractivity contribution in [3.05, 3.63) is 157 Å². The molecule has 0 spiro atoms. The van der Waals surface area contributed by atoms with Crippen molar-refractivity contribution in [2.45, 2.75) is 19.3 Å². The van der Waals surface area contributed by atoms with Crippen LogP contribution in [-0.4, -0.2) is 0 Å². The lowest BCUT2D eigenvalue weighted by molar-refractivity contribution is 0.660. The van der Waals surface area contributed by atoms with Gasteiger partial charge in [0.1, 0.15) is 22.3 Å². The largest absolute Gasteiger partial charge is 0.456 e. The molecule has 0 bridgehead atoms. The van der Waals surface area contributed by atoms with Gasteiger partial charge in [0.05, 0.1) is 5.39 Å². The van der Waals surface area contributed by atoms with Gasteiger partial charge in [-0.1, -0.05) is 135 Å². The fourth-order valence-corrected chi connectivity index (χ4v) is 8.89. The molecule has 2 heteroatoms. The monoisotopic (exact) mass is 626 g/mol. The van der Waals surface area contributed by atoms with E-state index < -0.39 is 0 Å². The summed E-state index contributed by atoms with van der Waals surface area (Å²) < 4.78 is 13.3. The summed E-state index contributed by atoms with van der Waals surface area (Å²) in [5, 5.41) is 9.20. The van der Waals surface area contributed by atoms with E-state index in [-0.39, 0.29) is 5.41 Å². The van der Waals surface area contributed by atoms with Crippen LogP contribution in [-0.2, 0) is 5.41 Å². The van der Waals surface area contributed by atoms with Crippen molar-refractivity contribution in [1.29, 1.82) is 0 Å². The van der Waals surface area contributed by atoms with Crippen LogP contribution >= 0.6 is 0 Å². The maximum Gasteiger partial charge on any atom is 0.147 e.